The zero-order valence-electron chi connectivity index (χ0n) is 13.2. The predicted molar refractivity (Wildman–Crippen MR) is 79.1 cm³/mol. The molecular formula is C14H19NO8. The van der Waals surface area contributed by atoms with Gasteiger partial charge < -0.3 is 23.7 Å². The Hall–Kier alpha value is -2.55. The van der Waals surface area contributed by atoms with Crippen LogP contribution in [0.2, 0.25) is 0 Å². The molecular weight excluding hydrogens is 310 g/mol. The average Bonchev–Trinajstić information content (AvgIpc) is 2.53. The van der Waals surface area contributed by atoms with Gasteiger partial charge in [0.2, 0.25) is 5.75 Å². The van der Waals surface area contributed by atoms with Crippen LogP contribution in [0.15, 0.2) is 12.1 Å². The van der Waals surface area contributed by atoms with Gasteiger partial charge in [0.15, 0.2) is 18.1 Å². The van der Waals surface area contributed by atoms with E-state index in [9.17, 15) is 14.9 Å². The molecule has 1 rings (SSSR count). The number of nitrogens with zero attached hydrogens (tertiary/aromatic N) is 1. The molecule has 0 aliphatic carbocycles. The molecule has 0 amide bonds. The van der Waals surface area contributed by atoms with Crippen molar-refractivity contribution < 1.29 is 33.4 Å². The smallest absolute Gasteiger partial charge is 0.344 e. The van der Waals surface area contributed by atoms with Gasteiger partial charge in [0.05, 0.1) is 37.4 Å². The van der Waals surface area contributed by atoms with E-state index in [0.717, 1.165) is 6.07 Å². The molecule has 128 valence electrons. The van der Waals surface area contributed by atoms with Gasteiger partial charge in [-0.1, -0.05) is 0 Å². The summed E-state index contributed by atoms with van der Waals surface area (Å²) in [6.45, 7) is 1.95. The minimum absolute atomic E-state index is 0.0141. The molecule has 0 bridgehead atoms. The number of hydrogen-bond donors (Lipinski definition) is 0. The van der Waals surface area contributed by atoms with E-state index in [1.807, 2.05) is 0 Å². The molecule has 0 unspecified atom stereocenters. The monoisotopic (exact) mass is 329 g/mol. The fraction of sp³-hybridized carbons (Fsp3) is 0.500. The number of methoxy groups -OCH3 is 2. The minimum Gasteiger partial charge on any atom is -0.492 e. The summed E-state index contributed by atoms with van der Waals surface area (Å²) in [7, 11) is 2.85. The summed E-state index contributed by atoms with van der Waals surface area (Å²) in [5.74, 6) is -0.311. The van der Waals surface area contributed by atoms with E-state index in [1.54, 1.807) is 6.92 Å². The fourth-order valence-electron chi connectivity index (χ4n) is 1.64. The van der Waals surface area contributed by atoms with E-state index in [-0.39, 0.29) is 36.1 Å². The van der Waals surface area contributed by atoms with Crippen molar-refractivity contribution in [2.45, 2.75) is 6.92 Å². The first kappa shape index (κ1) is 18.5. The van der Waals surface area contributed by atoms with Crippen molar-refractivity contribution >= 4 is 11.7 Å². The first-order chi connectivity index (χ1) is 11.0. The number of non-ortho nitro benzene ring substituents is 1. The highest BCUT2D eigenvalue weighted by Gasteiger charge is 2.21. The molecule has 9 heteroatoms. The Morgan fingerprint density at radius 3 is 2.43 bits per heavy atom. The lowest BCUT2D eigenvalue weighted by Gasteiger charge is -2.15. The first-order valence-electron chi connectivity index (χ1n) is 6.80. The second-order valence-corrected chi connectivity index (χ2v) is 4.17. The van der Waals surface area contributed by atoms with Crippen molar-refractivity contribution in [2.24, 2.45) is 0 Å². The molecule has 0 aliphatic heterocycles. The van der Waals surface area contributed by atoms with Gasteiger partial charge in [-0.2, -0.15) is 0 Å². The van der Waals surface area contributed by atoms with Crippen LogP contribution in [0.3, 0.4) is 0 Å². The molecule has 1 aromatic carbocycles. The van der Waals surface area contributed by atoms with Crippen molar-refractivity contribution in [3.63, 3.8) is 0 Å². The third-order valence-electron chi connectivity index (χ3n) is 2.62. The molecule has 0 N–H and O–H groups in total. The van der Waals surface area contributed by atoms with Gasteiger partial charge in [-0.25, -0.2) is 4.79 Å². The number of nitro benzene ring substituents is 1. The Labute approximate surface area is 133 Å². The number of nitro groups is 1. The Morgan fingerprint density at radius 2 is 1.87 bits per heavy atom. The van der Waals surface area contributed by atoms with Crippen LogP contribution in [0.4, 0.5) is 5.69 Å². The Morgan fingerprint density at radius 1 is 1.17 bits per heavy atom. The number of ether oxygens (including phenoxy) is 5. The SMILES string of the molecule is CCOC(=O)COc1cc([N+](=O)[O-])cc(OC)c1OCCOC. The highest BCUT2D eigenvalue weighted by Crippen LogP contribution is 2.41. The van der Waals surface area contributed by atoms with Crippen LogP contribution in [0, 0.1) is 10.1 Å². The van der Waals surface area contributed by atoms with Gasteiger partial charge in [0.25, 0.3) is 5.69 Å². The van der Waals surface area contributed by atoms with E-state index in [1.165, 1.54) is 20.3 Å². The quantitative estimate of drug-likeness (QED) is 0.275. The molecule has 0 aliphatic rings. The van der Waals surface area contributed by atoms with Gasteiger partial charge in [-0.3, -0.25) is 10.1 Å². The summed E-state index contributed by atoms with van der Waals surface area (Å²) in [6, 6.07) is 2.36. The normalized spacial score (nSPS) is 10.0. The molecule has 0 radical (unpaired) electrons. The Bertz CT molecular complexity index is 546. The molecule has 0 saturated heterocycles. The van der Waals surface area contributed by atoms with E-state index in [0.29, 0.717) is 6.61 Å². The fourth-order valence-corrected chi connectivity index (χ4v) is 1.64. The lowest BCUT2D eigenvalue weighted by molar-refractivity contribution is -0.385. The summed E-state index contributed by atoms with van der Waals surface area (Å²) in [5, 5.41) is 11.0. The lowest BCUT2D eigenvalue weighted by atomic mass is 10.2. The first-order valence-corrected chi connectivity index (χ1v) is 6.80. The summed E-state index contributed by atoms with van der Waals surface area (Å²) < 4.78 is 25.5. The number of hydrogen-bond acceptors (Lipinski definition) is 8. The van der Waals surface area contributed by atoms with Crippen LogP contribution in [0.5, 0.6) is 17.2 Å². The summed E-state index contributed by atoms with van der Waals surface area (Å²) >= 11 is 0. The van der Waals surface area contributed by atoms with E-state index in [2.05, 4.69) is 0 Å². The lowest BCUT2D eigenvalue weighted by Crippen LogP contribution is -2.15. The number of esters is 1. The van der Waals surface area contributed by atoms with Crippen molar-refractivity contribution in [1.82, 2.24) is 0 Å². The highest BCUT2D eigenvalue weighted by atomic mass is 16.6. The molecule has 23 heavy (non-hydrogen) atoms. The summed E-state index contributed by atoms with van der Waals surface area (Å²) in [4.78, 5) is 21.8. The summed E-state index contributed by atoms with van der Waals surface area (Å²) in [5.41, 5.74) is -0.250. The van der Waals surface area contributed by atoms with Gasteiger partial charge in [-0.15, -0.1) is 0 Å². The zero-order chi connectivity index (χ0) is 17.2. The third kappa shape index (κ3) is 5.62. The third-order valence-corrected chi connectivity index (χ3v) is 2.62. The van der Waals surface area contributed by atoms with Crippen molar-refractivity contribution in [1.29, 1.82) is 0 Å². The second-order valence-electron chi connectivity index (χ2n) is 4.17. The number of rotatable bonds is 10. The molecule has 0 heterocycles. The van der Waals surface area contributed by atoms with Crippen LogP contribution in [-0.2, 0) is 14.3 Å². The predicted octanol–water partition coefficient (Wildman–Crippen LogP) is 1.57. The number of carbonyl (C=O) groups is 1. The van der Waals surface area contributed by atoms with E-state index >= 15 is 0 Å². The van der Waals surface area contributed by atoms with Crippen LogP contribution >= 0.6 is 0 Å². The Kier molecular flexibility index (Phi) is 7.61. The van der Waals surface area contributed by atoms with Crippen molar-refractivity contribution in [3.8, 4) is 17.2 Å². The maximum absolute atomic E-state index is 11.4. The number of benzene rings is 1. The summed E-state index contributed by atoms with van der Waals surface area (Å²) in [6.07, 6.45) is 0. The topological polar surface area (TPSA) is 106 Å². The molecule has 0 aromatic heterocycles. The van der Waals surface area contributed by atoms with Crippen LogP contribution < -0.4 is 14.2 Å². The van der Waals surface area contributed by atoms with Crippen molar-refractivity contribution in [3.05, 3.63) is 22.2 Å². The highest BCUT2D eigenvalue weighted by molar-refractivity contribution is 5.71. The molecule has 0 saturated carbocycles. The van der Waals surface area contributed by atoms with Gasteiger partial charge >= 0.3 is 5.97 Å². The van der Waals surface area contributed by atoms with Crippen molar-refractivity contribution in [2.75, 3.05) is 40.6 Å². The standard InChI is InChI=1S/C14H19NO8/c1-4-21-13(16)9-23-12-8-10(15(17)18)7-11(20-3)14(12)22-6-5-19-2/h7-8H,4-6,9H2,1-3H3. The molecule has 0 fully saturated rings. The minimum atomic E-state index is -0.599. The molecule has 0 atom stereocenters. The number of carbonyl (C=O) groups excluding carboxylic acids is 1. The average molecular weight is 329 g/mol. The van der Waals surface area contributed by atoms with Gasteiger partial charge in [0.1, 0.15) is 6.61 Å². The van der Waals surface area contributed by atoms with Crippen LogP contribution in [0.1, 0.15) is 6.92 Å². The van der Waals surface area contributed by atoms with Crippen LogP contribution in [0.25, 0.3) is 0 Å². The van der Waals surface area contributed by atoms with Gasteiger partial charge in [-0.05, 0) is 6.92 Å². The van der Waals surface area contributed by atoms with E-state index < -0.39 is 17.5 Å². The molecule has 1 aromatic rings. The Balaban J connectivity index is 3.06. The second kappa shape index (κ2) is 9.46. The maximum Gasteiger partial charge on any atom is 0.344 e. The van der Waals surface area contributed by atoms with Gasteiger partial charge in [0, 0.05) is 7.11 Å². The molecule has 9 nitrogen and oxygen atoms in total. The molecule has 0 spiro atoms. The largest absolute Gasteiger partial charge is 0.492 e. The van der Waals surface area contributed by atoms with E-state index in [4.69, 9.17) is 23.7 Å². The zero-order valence-corrected chi connectivity index (χ0v) is 13.2. The van der Waals surface area contributed by atoms with Crippen LogP contribution in [-0.4, -0.2) is 51.5 Å². The maximum atomic E-state index is 11.4.